The van der Waals surface area contributed by atoms with Crippen molar-refractivity contribution in [2.24, 2.45) is 0 Å². The van der Waals surface area contributed by atoms with Crippen molar-refractivity contribution in [1.29, 1.82) is 0 Å². The van der Waals surface area contributed by atoms with E-state index in [4.69, 9.17) is 17.0 Å². The lowest BCUT2D eigenvalue weighted by atomic mass is 9.96. The van der Waals surface area contributed by atoms with Crippen LogP contribution in [0.1, 0.15) is 34.7 Å². The number of methoxy groups -OCH3 is 1. The van der Waals surface area contributed by atoms with Crippen molar-refractivity contribution >= 4 is 38.9 Å². The van der Waals surface area contributed by atoms with Crippen LogP contribution in [0, 0.1) is 13.8 Å². The maximum absolute atomic E-state index is 5.87. The summed E-state index contributed by atoms with van der Waals surface area (Å²) in [6.07, 6.45) is 1.83. The number of hydrogen-bond donors (Lipinski definition) is 1. The van der Waals surface area contributed by atoms with Gasteiger partial charge >= 0.3 is 0 Å². The molecule has 0 aliphatic carbocycles. The molecule has 0 spiro atoms. The van der Waals surface area contributed by atoms with Crippen molar-refractivity contribution < 1.29 is 4.74 Å². The van der Waals surface area contributed by atoms with Gasteiger partial charge in [-0.15, -0.1) is 0 Å². The Hall–Kier alpha value is -3.16. The zero-order valence-electron chi connectivity index (χ0n) is 19.2. The van der Waals surface area contributed by atoms with Crippen LogP contribution in [-0.2, 0) is 0 Å². The lowest BCUT2D eigenvalue weighted by Gasteiger charge is -2.28. The molecule has 1 N–H and O–H groups in total. The molecule has 1 fully saturated rings. The normalized spacial score (nSPS) is 17.6. The minimum absolute atomic E-state index is 0.0637. The number of ether oxygens (including phenoxy) is 1. The molecule has 34 heavy (non-hydrogen) atoms. The van der Waals surface area contributed by atoms with Gasteiger partial charge in [-0.1, -0.05) is 22.0 Å². The highest BCUT2D eigenvalue weighted by Gasteiger charge is 2.42. The second kappa shape index (κ2) is 9.24. The Balaban J connectivity index is 1.66. The SMILES string of the molecule is COc1ccc(N2C(=S)N[C@@H](c3ccccn3)[C@@H]2c2cc(C)n(-c3ccc(Br)cc3)c2C)cc1. The van der Waals surface area contributed by atoms with Gasteiger partial charge in [0.05, 0.1) is 24.9 Å². The van der Waals surface area contributed by atoms with Gasteiger partial charge in [-0.05, 0) is 98.4 Å². The number of nitrogens with zero attached hydrogens (tertiary/aromatic N) is 3. The van der Waals surface area contributed by atoms with E-state index in [1.807, 2.05) is 30.5 Å². The maximum atomic E-state index is 5.87. The molecule has 0 saturated carbocycles. The molecule has 0 radical (unpaired) electrons. The summed E-state index contributed by atoms with van der Waals surface area (Å²) in [4.78, 5) is 6.87. The molecule has 0 amide bonds. The zero-order valence-corrected chi connectivity index (χ0v) is 21.6. The molecule has 2 aromatic carbocycles. The number of nitrogens with one attached hydrogen (secondary N) is 1. The number of aromatic nitrogens is 2. The van der Waals surface area contributed by atoms with Crippen molar-refractivity contribution in [1.82, 2.24) is 14.9 Å². The average Bonchev–Trinajstić information content (AvgIpc) is 3.35. The summed E-state index contributed by atoms with van der Waals surface area (Å²) in [5.74, 6) is 0.813. The zero-order chi connectivity index (χ0) is 23.8. The third kappa shape index (κ3) is 3.99. The van der Waals surface area contributed by atoms with Crippen molar-refractivity contribution in [2.75, 3.05) is 12.0 Å². The van der Waals surface area contributed by atoms with E-state index in [0.29, 0.717) is 5.11 Å². The summed E-state index contributed by atoms with van der Waals surface area (Å²) in [6.45, 7) is 4.32. The molecule has 5 nitrogen and oxygen atoms in total. The summed E-state index contributed by atoms with van der Waals surface area (Å²) in [7, 11) is 1.67. The van der Waals surface area contributed by atoms with Crippen LogP contribution in [-0.4, -0.2) is 21.8 Å². The number of pyridine rings is 1. The van der Waals surface area contributed by atoms with Crippen LogP contribution >= 0.6 is 28.1 Å². The molecule has 2 atom stereocenters. The minimum atomic E-state index is -0.0883. The van der Waals surface area contributed by atoms with E-state index >= 15 is 0 Å². The van der Waals surface area contributed by atoms with Gasteiger partial charge in [-0.25, -0.2) is 0 Å². The Morgan fingerprint density at radius 1 is 0.971 bits per heavy atom. The summed E-state index contributed by atoms with van der Waals surface area (Å²) >= 11 is 9.42. The summed E-state index contributed by atoms with van der Waals surface area (Å²) in [6, 6.07) is 24.6. The van der Waals surface area contributed by atoms with Crippen LogP contribution in [0.3, 0.4) is 0 Å². The first kappa shape index (κ1) is 22.6. The van der Waals surface area contributed by atoms with Crippen molar-refractivity contribution in [3.63, 3.8) is 0 Å². The van der Waals surface area contributed by atoms with Gasteiger partial charge in [-0.2, -0.15) is 0 Å². The van der Waals surface area contributed by atoms with E-state index in [1.54, 1.807) is 7.11 Å². The van der Waals surface area contributed by atoms with Gasteiger partial charge in [0, 0.05) is 33.4 Å². The standard InChI is InChI=1S/C27H25BrN4OS/c1-17-16-23(18(2)31(17)20-9-7-19(28)8-10-20)26-25(24-6-4-5-15-29-24)30-27(34)32(26)21-11-13-22(33-3)14-12-21/h4-16,25-26H,1-3H3,(H,30,34)/t25-,26-/m0/s1. The number of halogens is 1. The fourth-order valence-electron chi connectivity index (χ4n) is 4.77. The number of hydrogen-bond acceptors (Lipinski definition) is 3. The molecule has 1 aliphatic rings. The Kier molecular flexibility index (Phi) is 6.15. The van der Waals surface area contributed by atoms with Gasteiger partial charge in [0.25, 0.3) is 0 Å². The van der Waals surface area contributed by atoms with Gasteiger partial charge in [0.1, 0.15) is 5.75 Å². The monoisotopic (exact) mass is 532 g/mol. The second-order valence-electron chi connectivity index (χ2n) is 8.33. The predicted molar refractivity (Wildman–Crippen MR) is 144 cm³/mol. The molecule has 1 saturated heterocycles. The van der Waals surface area contributed by atoms with Crippen LogP contribution in [0.15, 0.2) is 83.5 Å². The second-order valence-corrected chi connectivity index (χ2v) is 9.64. The molecule has 3 heterocycles. The van der Waals surface area contributed by atoms with Crippen LogP contribution in [0.5, 0.6) is 5.75 Å². The van der Waals surface area contributed by atoms with Crippen molar-refractivity contribution in [3.05, 3.63) is 106 Å². The number of thiocarbonyl (C=S) groups is 1. The first-order valence-electron chi connectivity index (χ1n) is 11.1. The molecule has 5 rings (SSSR count). The summed E-state index contributed by atoms with van der Waals surface area (Å²) in [5, 5.41) is 4.23. The first-order chi connectivity index (χ1) is 16.5. The maximum Gasteiger partial charge on any atom is 0.174 e. The van der Waals surface area contributed by atoms with E-state index in [0.717, 1.165) is 27.3 Å². The van der Waals surface area contributed by atoms with E-state index in [-0.39, 0.29) is 12.1 Å². The number of anilines is 1. The van der Waals surface area contributed by atoms with E-state index in [1.165, 1.54) is 17.0 Å². The highest BCUT2D eigenvalue weighted by Crippen LogP contribution is 2.44. The van der Waals surface area contributed by atoms with Crippen molar-refractivity contribution in [2.45, 2.75) is 25.9 Å². The fourth-order valence-corrected chi connectivity index (χ4v) is 5.38. The third-order valence-electron chi connectivity index (χ3n) is 6.32. The van der Waals surface area contributed by atoms with Gasteiger partial charge in [0.15, 0.2) is 5.11 Å². The van der Waals surface area contributed by atoms with E-state index < -0.39 is 0 Å². The highest BCUT2D eigenvalue weighted by atomic mass is 79.9. The summed E-state index contributed by atoms with van der Waals surface area (Å²) in [5.41, 5.74) is 6.65. The molecule has 1 aliphatic heterocycles. The van der Waals surface area contributed by atoms with Crippen molar-refractivity contribution in [3.8, 4) is 11.4 Å². The Bertz CT molecular complexity index is 1320. The Morgan fingerprint density at radius 2 is 1.68 bits per heavy atom. The summed E-state index contributed by atoms with van der Waals surface area (Å²) < 4.78 is 8.73. The lowest BCUT2D eigenvalue weighted by molar-refractivity contribution is 0.415. The molecular weight excluding hydrogens is 508 g/mol. The third-order valence-corrected chi connectivity index (χ3v) is 7.17. The minimum Gasteiger partial charge on any atom is -0.497 e. The topological polar surface area (TPSA) is 42.3 Å². The van der Waals surface area contributed by atoms with Gasteiger partial charge < -0.3 is 19.5 Å². The van der Waals surface area contributed by atoms with E-state index in [9.17, 15) is 0 Å². The van der Waals surface area contributed by atoms with Crippen LogP contribution in [0.4, 0.5) is 5.69 Å². The number of aryl methyl sites for hydroxylation is 1. The molecule has 0 bridgehead atoms. The molecule has 4 aromatic rings. The van der Waals surface area contributed by atoms with Gasteiger partial charge in [-0.3, -0.25) is 4.98 Å². The van der Waals surface area contributed by atoms with Gasteiger partial charge in [0.2, 0.25) is 0 Å². The Labute approximate surface area is 213 Å². The molecular formula is C27H25BrN4OS. The molecule has 172 valence electrons. The predicted octanol–water partition coefficient (Wildman–Crippen LogP) is 6.44. The fraction of sp³-hybridized carbons (Fsp3) is 0.185. The largest absolute Gasteiger partial charge is 0.497 e. The number of benzene rings is 2. The first-order valence-corrected chi connectivity index (χ1v) is 12.3. The highest BCUT2D eigenvalue weighted by molar-refractivity contribution is 9.10. The molecule has 2 aromatic heterocycles. The molecule has 0 unspecified atom stereocenters. The average molecular weight is 533 g/mol. The lowest BCUT2D eigenvalue weighted by Crippen LogP contribution is -2.29. The van der Waals surface area contributed by atoms with Crippen LogP contribution in [0.25, 0.3) is 5.69 Å². The van der Waals surface area contributed by atoms with Crippen LogP contribution < -0.4 is 15.0 Å². The van der Waals surface area contributed by atoms with Crippen LogP contribution in [0.2, 0.25) is 0 Å². The Morgan fingerprint density at radius 3 is 2.32 bits per heavy atom. The number of rotatable bonds is 5. The van der Waals surface area contributed by atoms with E-state index in [2.05, 4.69) is 98.1 Å². The molecule has 7 heteroatoms. The quantitative estimate of drug-likeness (QED) is 0.299. The smallest absolute Gasteiger partial charge is 0.174 e.